The quantitative estimate of drug-likeness (QED) is 0.540. The molecule has 2 aromatic carbocycles. The normalized spacial score (nSPS) is 11.6. The van der Waals surface area contributed by atoms with Gasteiger partial charge < -0.3 is 0 Å². The molecule has 0 N–H and O–H groups in total. The molecule has 0 saturated heterocycles. The first-order valence-corrected chi connectivity index (χ1v) is 7.66. The Kier molecular flexibility index (Phi) is 6.01. The van der Waals surface area contributed by atoms with Crippen LogP contribution in [0.1, 0.15) is 42.5 Å². The lowest BCUT2D eigenvalue weighted by Crippen LogP contribution is -1.91. The van der Waals surface area contributed by atoms with Crippen LogP contribution in [0.3, 0.4) is 0 Å². The van der Waals surface area contributed by atoms with Crippen LogP contribution in [0.2, 0.25) is 0 Å². The summed E-state index contributed by atoms with van der Waals surface area (Å²) in [5, 5.41) is 7.89. The highest BCUT2D eigenvalue weighted by molar-refractivity contribution is 5.82. The fourth-order valence-electron chi connectivity index (χ4n) is 2.15. The van der Waals surface area contributed by atoms with Gasteiger partial charge >= 0.3 is 0 Å². The lowest BCUT2D eigenvalue weighted by Gasteiger charge is -2.00. The SMILES string of the molecule is CCCc1ccc(C=NN=Cc2ccc(CC)cc2)c(F)c1. The summed E-state index contributed by atoms with van der Waals surface area (Å²) in [5.74, 6) is -0.253. The number of hydrogen-bond acceptors (Lipinski definition) is 2. The van der Waals surface area contributed by atoms with Crippen LogP contribution in [0.5, 0.6) is 0 Å². The Morgan fingerprint density at radius 2 is 1.59 bits per heavy atom. The third-order valence-corrected chi connectivity index (χ3v) is 3.46. The largest absolute Gasteiger partial charge is 0.206 e. The zero-order chi connectivity index (χ0) is 15.8. The van der Waals surface area contributed by atoms with E-state index >= 15 is 0 Å². The third kappa shape index (κ3) is 4.62. The van der Waals surface area contributed by atoms with Crippen LogP contribution in [-0.2, 0) is 12.8 Å². The third-order valence-electron chi connectivity index (χ3n) is 3.46. The zero-order valence-corrected chi connectivity index (χ0v) is 13.1. The zero-order valence-electron chi connectivity index (χ0n) is 13.1. The summed E-state index contributed by atoms with van der Waals surface area (Å²) in [5.41, 5.74) is 3.73. The van der Waals surface area contributed by atoms with Gasteiger partial charge in [0, 0.05) is 5.56 Å². The number of hydrogen-bond donors (Lipinski definition) is 0. The van der Waals surface area contributed by atoms with Crippen molar-refractivity contribution in [2.75, 3.05) is 0 Å². The molecule has 0 unspecified atom stereocenters. The first kappa shape index (κ1) is 16.1. The van der Waals surface area contributed by atoms with Crippen molar-refractivity contribution in [3.05, 3.63) is 70.5 Å². The molecule has 0 amide bonds. The number of aryl methyl sites for hydroxylation is 2. The molecule has 0 heterocycles. The number of nitrogens with zero attached hydrogens (tertiary/aromatic N) is 2. The van der Waals surface area contributed by atoms with Gasteiger partial charge in [0.1, 0.15) is 5.82 Å². The fraction of sp³-hybridized carbons (Fsp3) is 0.263. The summed E-state index contributed by atoms with van der Waals surface area (Å²) in [6.07, 6.45) is 6.03. The van der Waals surface area contributed by atoms with Crippen molar-refractivity contribution in [2.24, 2.45) is 10.2 Å². The summed E-state index contributed by atoms with van der Waals surface area (Å²) in [4.78, 5) is 0. The van der Waals surface area contributed by atoms with Crippen molar-refractivity contribution in [1.29, 1.82) is 0 Å². The Labute approximate surface area is 131 Å². The minimum Gasteiger partial charge on any atom is -0.206 e. The average molecular weight is 296 g/mol. The molecule has 2 rings (SSSR count). The second-order valence-electron chi connectivity index (χ2n) is 5.19. The van der Waals surface area contributed by atoms with E-state index in [-0.39, 0.29) is 5.82 Å². The average Bonchev–Trinajstić information content (AvgIpc) is 2.54. The highest BCUT2D eigenvalue weighted by Crippen LogP contribution is 2.10. The van der Waals surface area contributed by atoms with E-state index in [9.17, 15) is 4.39 Å². The van der Waals surface area contributed by atoms with E-state index < -0.39 is 0 Å². The lowest BCUT2D eigenvalue weighted by molar-refractivity contribution is 0.623. The minimum atomic E-state index is -0.253. The Hall–Kier alpha value is -2.29. The van der Waals surface area contributed by atoms with Crippen LogP contribution in [-0.4, -0.2) is 12.4 Å². The summed E-state index contributed by atoms with van der Waals surface area (Å²) in [6.45, 7) is 4.20. The molecular formula is C19H21FN2. The fourth-order valence-corrected chi connectivity index (χ4v) is 2.15. The number of halogens is 1. The van der Waals surface area contributed by atoms with Gasteiger partial charge in [0.2, 0.25) is 0 Å². The van der Waals surface area contributed by atoms with Crippen LogP contribution in [0.15, 0.2) is 52.7 Å². The first-order valence-electron chi connectivity index (χ1n) is 7.66. The number of benzene rings is 2. The van der Waals surface area contributed by atoms with Gasteiger partial charge in [-0.2, -0.15) is 10.2 Å². The maximum atomic E-state index is 13.9. The Balaban J connectivity index is 2.00. The van der Waals surface area contributed by atoms with E-state index in [0.717, 1.165) is 30.4 Å². The smallest absolute Gasteiger partial charge is 0.132 e. The van der Waals surface area contributed by atoms with Crippen LogP contribution in [0, 0.1) is 5.82 Å². The molecule has 0 aliphatic heterocycles. The summed E-state index contributed by atoms with van der Waals surface area (Å²) < 4.78 is 13.9. The van der Waals surface area contributed by atoms with Crippen molar-refractivity contribution < 1.29 is 4.39 Å². The van der Waals surface area contributed by atoms with Crippen LogP contribution in [0.25, 0.3) is 0 Å². The molecule has 0 bridgehead atoms. The van der Waals surface area contributed by atoms with Gasteiger partial charge in [-0.3, -0.25) is 0 Å². The predicted octanol–water partition coefficient (Wildman–Crippen LogP) is 4.79. The monoisotopic (exact) mass is 296 g/mol. The van der Waals surface area contributed by atoms with Crippen molar-refractivity contribution in [2.45, 2.75) is 33.1 Å². The van der Waals surface area contributed by atoms with Gasteiger partial charge in [0.15, 0.2) is 0 Å². The molecule has 22 heavy (non-hydrogen) atoms. The summed E-state index contributed by atoms with van der Waals surface area (Å²) >= 11 is 0. The van der Waals surface area contributed by atoms with Gasteiger partial charge in [-0.05, 0) is 35.6 Å². The van der Waals surface area contributed by atoms with Crippen LogP contribution in [0.4, 0.5) is 4.39 Å². The lowest BCUT2D eigenvalue weighted by atomic mass is 10.1. The molecule has 0 saturated carbocycles. The summed E-state index contributed by atoms with van der Waals surface area (Å²) in [7, 11) is 0. The van der Waals surface area contributed by atoms with Crippen molar-refractivity contribution in [3.8, 4) is 0 Å². The maximum Gasteiger partial charge on any atom is 0.132 e. The van der Waals surface area contributed by atoms with Gasteiger partial charge in [0.05, 0.1) is 12.4 Å². The highest BCUT2D eigenvalue weighted by Gasteiger charge is 2.00. The predicted molar refractivity (Wildman–Crippen MR) is 91.4 cm³/mol. The van der Waals surface area contributed by atoms with E-state index in [4.69, 9.17) is 0 Å². The molecular weight excluding hydrogens is 275 g/mol. The van der Waals surface area contributed by atoms with E-state index in [2.05, 4.69) is 36.2 Å². The van der Waals surface area contributed by atoms with E-state index in [1.807, 2.05) is 18.2 Å². The first-order chi connectivity index (χ1) is 10.7. The molecule has 0 radical (unpaired) electrons. The molecule has 0 fully saturated rings. The Morgan fingerprint density at radius 3 is 2.23 bits per heavy atom. The van der Waals surface area contributed by atoms with Gasteiger partial charge in [-0.25, -0.2) is 4.39 Å². The van der Waals surface area contributed by atoms with E-state index in [1.54, 1.807) is 18.3 Å². The Morgan fingerprint density at radius 1 is 0.909 bits per heavy atom. The maximum absolute atomic E-state index is 13.9. The molecule has 0 atom stereocenters. The molecule has 2 aromatic rings. The van der Waals surface area contributed by atoms with E-state index in [1.165, 1.54) is 11.8 Å². The van der Waals surface area contributed by atoms with Crippen molar-refractivity contribution in [3.63, 3.8) is 0 Å². The molecule has 3 heteroatoms. The van der Waals surface area contributed by atoms with Gasteiger partial charge in [-0.1, -0.05) is 56.7 Å². The van der Waals surface area contributed by atoms with Gasteiger partial charge in [0.25, 0.3) is 0 Å². The van der Waals surface area contributed by atoms with Crippen molar-refractivity contribution in [1.82, 2.24) is 0 Å². The summed E-state index contributed by atoms with van der Waals surface area (Å²) in [6, 6.07) is 13.4. The molecule has 0 spiro atoms. The topological polar surface area (TPSA) is 24.7 Å². The molecule has 114 valence electrons. The second-order valence-corrected chi connectivity index (χ2v) is 5.19. The molecule has 0 aliphatic rings. The van der Waals surface area contributed by atoms with Crippen molar-refractivity contribution >= 4 is 12.4 Å². The minimum absolute atomic E-state index is 0.253. The van der Waals surface area contributed by atoms with Crippen LogP contribution < -0.4 is 0 Å². The molecule has 0 aliphatic carbocycles. The molecule has 2 nitrogen and oxygen atoms in total. The number of rotatable bonds is 6. The van der Waals surface area contributed by atoms with Gasteiger partial charge in [-0.15, -0.1) is 0 Å². The highest BCUT2D eigenvalue weighted by atomic mass is 19.1. The Bertz CT molecular complexity index is 658. The van der Waals surface area contributed by atoms with Crippen LogP contribution >= 0.6 is 0 Å². The second kappa shape index (κ2) is 8.23. The standard InChI is InChI=1S/C19H21FN2/c1-3-5-16-10-11-18(19(20)12-16)14-22-21-13-17-8-6-15(4-2)7-9-17/h6-14H,3-5H2,1-2H3. The molecule has 0 aromatic heterocycles. The van der Waals surface area contributed by atoms with E-state index in [0.29, 0.717) is 5.56 Å².